The van der Waals surface area contributed by atoms with Crippen LogP contribution in [0.15, 0.2) is 66.7 Å². The molecule has 1 fully saturated rings. The van der Waals surface area contributed by atoms with E-state index in [4.69, 9.17) is 32.4 Å². The van der Waals surface area contributed by atoms with E-state index in [0.717, 1.165) is 48.9 Å². The van der Waals surface area contributed by atoms with Crippen molar-refractivity contribution in [3.8, 4) is 0 Å². The Labute approximate surface area is 201 Å². The maximum absolute atomic E-state index is 11.1. The molecule has 3 aromatic carbocycles. The van der Waals surface area contributed by atoms with Crippen LogP contribution in [0.5, 0.6) is 0 Å². The fourth-order valence-corrected chi connectivity index (χ4v) is 3.04. The lowest BCUT2D eigenvalue weighted by Crippen LogP contribution is -2.36. The lowest BCUT2D eigenvalue weighted by atomic mass is 10.2. The molecule has 1 aliphatic heterocycles. The van der Waals surface area contributed by atoms with E-state index in [1.54, 1.807) is 37.3 Å². The number of nitrogens with zero attached hydrogens (tertiary/aromatic N) is 1. The number of nitrogens with two attached hydrogens (primary N) is 4. The maximum Gasteiger partial charge on any atom is 0.338 e. The highest BCUT2D eigenvalue weighted by atomic mass is 16.5. The molecule has 0 spiro atoms. The van der Waals surface area contributed by atoms with Gasteiger partial charge in [0.2, 0.25) is 0 Å². The van der Waals surface area contributed by atoms with Crippen molar-refractivity contribution in [2.75, 3.05) is 60.7 Å². The van der Waals surface area contributed by atoms with Crippen LogP contribution in [0.1, 0.15) is 22.8 Å². The number of hydrogen-bond donors (Lipinski definition) is 4. The van der Waals surface area contributed by atoms with Crippen molar-refractivity contribution in [2.45, 2.75) is 13.8 Å². The third-order valence-corrected chi connectivity index (χ3v) is 4.98. The number of esters is 1. The Kier molecular flexibility index (Phi) is 10.5. The first-order valence-corrected chi connectivity index (χ1v) is 11.1. The quantitative estimate of drug-likeness (QED) is 0.339. The third-order valence-electron chi connectivity index (χ3n) is 4.98. The second-order valence-corrected chi connectivity index (χ2v) is 7.65. The van der Waals surface area contributed by atoms with E-state index in [2.05, 4.69) is 17.0 Å². The summed E-state index contributed by atoms with van der Waals surface area (Å²) in [6.45, 7) is 7.70. The highest BCUT2D eigenvalue weighted by Crippen LogP contribution is 2.17. The SMILES string of the molecule is CCOC(=O)c1ccc(N)cc1.Cc1cc(N)ccc1N.Nc1ccc(N2CCOCC2)cc1. The first-order valence-electron chi connectivity index (χ1n) is 11.1. The molecule has 0 aromatic heterocycles. The van der Waals surface area contributed by atoms with Crippen molar-refractivity contribution in [2.24, 2.45) is 0 Å². The highest BCUT2D eigenvalue weighted by molar-refractivity contribution is 5.89. The van der Waals surface area contributed by atoms with Crippen LogP contribution in [0.3, 0.4) is 0 Å². The number of hydrogen-bond acceptors (Lipinski definition) is 8. The Morgan fingerprint density at radius 3 is 1.88 bits per heavy atom. The molecule has 0 amide bonds. The van der Waals surface area contributed by atoms with Gasteiger partial charge in [-0.05, 0) is 86.1 Å². The van der Waals surface area contributed by atoms with Gasteiger partial charge in [-0.3, -0.25) is 0 Å². The van der Waals surface area contributed by atoms with Gasteiger partial charge < -0.3 is 37.3 Å². The van der Waals surface area contributed by atoms with E-state index < -0.39 is 0 Å². The zero-order chi connectivity index (χ0) is 24.9. The summed E-state index contributed by atoms with van der Waals surface area (Å²) in [7, 11) is 0. The fourth-order valence-electron chi connectivity index (χ4n) is 3.04. The number of carbonyl (C=O) groups excluding carboxylic acids is 1. The van der Waals surface area contributed by atoms with E-state index in [-0.39, 0.29) is 5.97 Å². The molecule has 1 saturated heterocycles. The Hall–Kier alpha value is -3.91. The minimum Gasteiger partial charge on any atom is -0.462 e. The standard InChI is InChI=1S/C10H14N2O.C9H11NO2.C7H10N2/c11-9-1-3-10(4-2-9)12-5-7-13-8-6-12;1-2-12-9(11)7-3-5-8(10)6-4-7;1-5-4-6(8)2-3-7(5)9/h1-4H,5-8,11H2;3-6H,2,10H2,1H3;2-4H,8-9H2,1H3. The molecule has 0 radical (unpaired) electrons. The Bertz CT molecular complexity index is 1020. The smallest absolute Gasteiger partial charge is 0.338 e. The van der Waals surface area contributed by atoms with E-state index in [1.807, 2.05) is 31.2 Å². The van der Waals surface area contributed by atoms with Gasteiger partial charge in [0.1, 0.15) is 0 Å². The average Bonchev–Trinajstić information content (AvgIpc) is 2.84. The first kappa shape index (κ1) is 26.3. The van der Waals surface area contributed by atoms with Gasteiger partial charge in [-0.1, -0.05) is 0 Å². The molecule has 34 heavy (non-hydrogen) atoms. The first-order chi connectivity index (χ1) is 16.3. The number of nitrogen functional groups attached to an aromatic ring is 4. The monoisotopic (exact) mass is 465 g/mol. The summed E-state index contributed by atoms with van der Waals surface area (Å²) in [6.07, 6.45) is 0. The molecular weight excluding hydrogens is 430 g/mol. The second kappa shape index (κ2) is 13.6. The Morgan fingerprint density at radius 1 is 0.853 bits per heavy atom. The predicted molar refractivity (Wildman–Crippen MR) is 141 cm³/mol. The van der Waals surface area contributed by atoms with E-state index >= 15 is 0 Å². The van der Waals surface area contributed by atoms with Crippen LogP contribution in [-0.2, 0) is 9.47 Å². The van der Waals surface area contributed by atoms with Gasteiger partial charge in [0.05, 0.1) is 25.4 Å². The van der Waals surface area contributed by atoms with Gasteiger partial charge in [0, 0.05) is 41.5 Å². The van der Waals surface area contributed by atoms with Crippen molar-refractivity contribution in [3.05, 3.63) is 77.9 Å². The number of anilines is 5. The Balaban J connectivity index is 0.000000183. The van der Waals surface area contributed by atoms with Crippen LogP contribution >= 0.6 is 0 Å². The second-order valence-electron chi connectivity index (χ2n) is 7.65. The molecule has 182 valence electrons. The molecule has 8 nitrogen and oxygen atoms in total. The van der Waals surface area contributed by atoms with Crippen molar-refractivity contribution in [1.82, 2.24) is 0 Å². The van der Waals surface area contributed by atoms with E-state index in [9.17, 15) is 4.79 Å². The summed E-state index contributed by atoms with van der Waals surface area (Å²) in [5, 5.41) is 0. The summed E-state index contributed by atoms with van der Waals surface area (Å²) >= 11 is 0. The molecular formula is C26H35N5O3. The van der Waals surface area contributed by atoms with Gasteiger partial charge in [-0.15, -0.1) is 0 Å². The molecule has 3 aromatic rings. The van der Waals surface area contributed by atoms with Crippen LogP contribution in [0, 0.1) is 6.92 Å². The number of aryl methyl sites for hydroxylation is 1. The normalized spacial score (nSPS) is 12.5. The van der Waals surface area contributed by atoms with Crippen molar-refractivity contribution in [1.29, 1.82) is 0 Å². The summed E-state index contributed by atoms with van der Waals surface area (Å²) in [5.74, 6) is -0.308. The number of benzene rings is 3. The minimum atomic E-state index is -0.308. The van der Waals surface area contributed by atoms with Crippen LogP contribution < -0.4 is 27.8 Å². The van der Waals surface area contributed by atoms with Gasteiger partial charge in [-0.2, -0.15) is 0 Å². The number of rotatable bonds is 3. The third kappa shape index (κ3) is 8.91. The zero-order valence-corrected chi connectivity index (χ0v) is 19.9. The molecule has 8 N–H and O–H groups in total. The summed E-state index contributed by atoms with van der Waals surface area (Å²) < 4.78 is 10.1. The predicted octanol–water partition coefficient (Wildman–Crippen LogP) is 3.71. The van der Waals surface area contributed by atoms with Gasteiger partial charge in [0.25, 0.3) is 0 Å². The highest BCUT2D eigenvalue weighted by Gasteiger charge is 2.10. The molecule has 0 unspecified atom stereocenters. The number of morpholine rings is 1. The molecule has 4 rings (SSSR count). The van der Waals surface area contributed by atoms with Crippen molar-refractivity contribution in [3.63, 3.8) is 0 Å². The van der Waals surface area contributed by atoms with Gasteiger partial charge in [-0.25, -0.2) is 4.79 Å². The largest absolute Gasteiger partial charge is 0.462 e. The minimum absolute atomic E-state index is 0.308. The van der Waals surface area contributed by atoms with Crippen LogP contribution in [0.2, 0.25) is 0 Å². The molecule has 0 bridgehead atoms. The van der Waals surface area contributed by atoms with Crippen LogP contribution in [0.25, 0.3) is 0 Å². The van der Waals surface area contributed by atoms with E-state index in [1.165, 1.54) is 5.69 Å². The van der Waals surface area contributed by atoms with Crippen LogP contribution in [-0.4, -0.2) is 38.9 Å². The lowest BCUT2D eigenvalue weighted by molar-refractivity contribution is 0.0526. The topological polar surface area (TPSA) is 143 Å². The summed E-state index contributed by atoms with van der Waals surface area (Å²) in [5.41, 5.74) is 27.9. The summed E-state index contributed by atoms with van der Waals surface area (Å²) in [4.78, 5) is 13.4. The number of carbonyl (C=O) groups is 1. The number of ether oxygens (including phenoxy) is 2. The lowest BCUT2D eigenvalue weighted by Gasteiger charge is -2.28. The molecule has 8 heteroatoms. The maximum atomic E-state index is 11.1. The fraction of sp³-hybridized carbons (Fsp3) is 0.269. The Morgan fingerprint density at radius 2 is 1.38 bits per heavy atom. The van der Waals surface area contributed by atoms with Gasteiger partial charge in [0.15, 0.2) is 0 Å². The van der Waals surface area contributed by atoms with Gasteiger partial charge >= 0.3 is 5.97 Å². The molecule has 0 saturated carbocycles. The molecule has 0 aliphatic carbocycles. The van der Waals surface area contributed by atoms with Crippen molar-refractivity contribution < 1.29 is 14.3 Å². The average molecular weight is 466 g/mol. The summed E-state index contributed by atoms with van der Waals surface area (Å²) in [6, 6.07) is 20.1. The zero-order valence-electron chi connectivity index (χ0n) is 19.9. The molecule has 1 aliphatic rings. The molecule has 1 heterocycles. The van der Waals surface area contributed by atoms with Crippen LogP contribution in [0.4, 0.5) is 28.4 Å². The van der Waals surface area contributed by atoms with E-state index in [0.29, 0.717) is 17.9 Å². The van der Waals surface area contributed by atoms with Crippen molar-refractivity contribution >= 4 is 34.4 Å². The molecule has 0 atom stereocenters.